The molecule has 0 radical (unpaired) electrons. The van der Waals surface area contributed by atoms with Gasteiger partial charge in [-0.25, -0.2) is 0 Å². The number of nitrogen functional groups attached to an aromatic ring is 1. The van der Waals surface area contributed by atoms with Crippen molar-refractivity contribution in [3.05, 3.63) is 30.0 Å². The molecule has 0 bridgehead atoms. The van der Waals surface area contributed by atoms with Crippen LogP contribution in [0.5, 0.6) is 0 Å². The van der Waals surface area contributed by atoms with E-state index in [1.165, 1.54) is 0 Å². The molecule has 102 valence electrons. The molecule has 1 aromatic carbocycles. The first-order valence-electron chi connectivity index (χ1n) is 6.56. The van der Waals surface area contributed by atoms with Crippen molar-refractivity contribution in [2.24, 2.45) is 0 Å². The lowest BCUT2D eigenvalue weighted by atomic mass is 10.1. The molecule has 4 heteroatoms. The van der Waals surface area contributed by atoms with Crippen molar-refractivity contribution >= 4 is 22.3 Å². The molecule has 4 nitrogen and oxygen atoms in total. The minimum absolute atomic E-state index is 0.288. The third kappa shape index (κ3) is 3.15. The van der Waals surface area contributed by atoms with E-state index in [9.17, 15) is 0 Å². The lowest BCUT2D eigenvalue weighted by Gasteiger charge is -2.19. The van der Waals surface area contributed by atoms with Gasteiger partial charge in [0.25, 0.3) is 0 Å². The number of nitrogens with one attached hydrogen (secondary N) is 1. The Balaban J connectivity index is 2.43. The van der Waals surface area contributed by atoms with Crippen molar-refractivity contribution in [2.75, 3.05) is 24.8 Å². The first kappa shape index (κ1) is 13.6. The zero-order valence-electron chi connectivity index (χ0n) is 11.7. The highest BCUT2D eigenvalue weighted by Crippen LogP contribution is 2.26. The van der Waals surface area contributed by atoms with E-state index in [1.54, 1.807) is 7.11 Å². The van der Waals surface area contributed by atoms with Crippen molar-refractivity contribution in [3.63, 3.8) is 0 Å². The van der Waals surface area contributed by atoms with Gasteiger partial charge in [0.2, 0.25) is 0 Å². The molecular weight excluding hydrogens is 238 g/mol. The van der Waals surface area contributed by atoms with Crippen LogP contribution in [0, 0.1) is 6.92 Å². The quantitative estimate of drug-likeness (QED) is 0.810. The second-order valence-corrected chi connectivity index (χ2v) is 4.79. The maximum absolute atomic E-state index is 5.87. The molecule has 2 rings (SSSR count). The fourth-order valence-electron chi connectivity index (χ4n) is 2.18. The molecule has 1 atom stereocenters. The average molecular weight is 259 g/mol. The van der Waals surface area contributed by atoms with Gasteiger partial charge in [-0.05, 0) is 37.6 Å². The number of nitrogens with two attached hydrogens (primary N) is 1. The molecule has 0 aliphatic carbocycles. The highest BCUT2D eigenvalue weighted by molar-refractivity contribution is 5.93. The zero-order valence-corrected chi connectivity index (χ0v) is 11.7. The van der Waals surface area contributed by atoms with Crippen molar-refractivity contribution in [1.82, 2.24) is 4.98 Å². The Kier molecular flexibility index (Phi) is 4.22. The number of rotatable bonds is 5. The maximum Gasteiger partial charge on any atom is 0.0727 e. The smallest absolute Gasteiger partial charge is 0.0727 e. The molecule has 0 amide bonds. The normalized spacial score (nSPS) is 12.6. The molecule has 0 saturated carbocycles. The minimum Gasteiger partial charge on any atom is -0.399 e. The Morgan fingerprint density at radius 3 is 2.84 bits per heavy atom. The van der Waals surface area contributed by atoms with Crippen LogP contribution in [0.15, 0.2) is 24.3 Å². The molecule has 1 unspecified atom stereocenters. The number of pyridine rings is 1. The van der Waals surface area contributed by atoms with Crippen LogP contribution in [0.25, 0.3) is 10.9 Å². The summed E-state index contributed by atoms with van der Waals surface area (Å²) in [6.45, 7) is 4.82. The summed E-state index contributed by atoms with van der Waals surface area (Å²) in [6.07, 6.45) is 0.999. The topological polar surface area (TPSA) is 60.2 Å². The van der Waals surface area contributed by atoms with Crippen LogP contribution < -0.4 is 11.1 Å². The molecule has 0 aliphatic rings. The number of fused-ring (bicyclic) bond motifs is 1. The van der Waals surface area contributed by atoms with Gasteiger partial charge in [0.1, 0.15) is 0 Å². The number of hydrogen-bond acceptors (Lipinski definition) is 4. The van der Waals surface area contributed by atoms with Crippen LogP contribution in [0.3, 0.4) is 0 Å². The van der Waals surface area contributed by atoms with Gasteiger partial charge >= 0.3 is 0 Å². The fraction of sp³-hybridized carbons (Fsp3) is 0.400. The summed E-state index contributed by atoms with van der Waals surface area (Å²) in [6, 6.07) is 8.14. The highest BCUT2D eigenvalue weighted by atomic mass is 16.5. The number of anilines is 2. The van der Waals surface area contributed by atoms with Crippen molar-refractivity contribution in [1.29, 1.82) is 0 Å². The zero-order chi connectivity index (χ0) is 13.8. The lowest BCUT2D eigenvalue weighted by Crippen LogP contribution is -2.24. The number of ether oxygens (including phenoxy) is 1. The van der Waals surface area contributed by atoms with E-state index >= 15 is 0 Å². The second-order valence-electron chi connectivity index (χ2n) is 4.79. The summed E-state index contributed by atoms with van der Waals surface area (Å²) in [5, 5.41) is 4.58. The summed E-state index contributed by atoms with van der Waals surface area (Å²) in [7, 11) is 1.72. The van der Waals surface area contributed by atoms with Crippen LogP contribution >= 0.6 is 0 Å². The number of aryl methyl sites for hydroxylation is 1. The molecule has 3 N–H and O–H groups in total. The molecule has 19 heavy (non-hydrogen) atoms. The average Bonchev–Trinajstić information content (AvgIpc) is 2.39. The standard InChI is InChI=1S/C15H21N3O/c1-4-12(9-19-3)18-15-7-10(2)17-14-6-5-11(16)8-13(14)15/h5-8,12H,4,9,16H2,1-3H3,(H,17,18). The molecule has 2 aromatic rings. The summed E-state index contributed by atoms with van der Waals surface area (Å²) in [4.78, 5) is 4.53. The Morgan fingerprint density at radius 1 is 1.37 bits per heavy atom. The molecule has 0 aliphatic heterocycles. The summed E-state index contributed by atoms with van der Waals surface area (Å²) in [5.74, 6) is 0. The van der Waals surface area contributed by atoms with Gasteiger partial charge in [0.05, 0.1) is 12.1 Å². The molecule has 1 heterocycles. The number of methoxy groups -OCH3 is 1. The van der Waals surface area contributed by atoms with Gasteiger partial charge in [0, 0.05) is 35.6 Å². The SMILES string of the molecule is CCC(COC)Nc1cc(C)nc2ccc(N)cc12. The van der Waals surface area contributed by atoms with Crippen LogP contribution in [-0.2, 0) is 4.74 Å². The molecule has 0 saturated heterocycles. The van der Waals surface area contributed by atoms with E-state index in [0.29, 0.717) is 6.61 Å². The van der Waals surface area contributed by atoms with Gasteiger partial charge in [-0.3, -0.25) is 4.98 Å². The Morgan fingerprint density at radius 2 is 2.16 bits per heavy atom. The van der Waals surface area contributed by atoms with Crippen LogP contribution in [0.1, 0.15) is 19.0 Å². The van der Waals surface area contributed by atoms with Gasteiger partial charge in [0.15, 0.2) is 0 Å². The lowest BCUT2D eigenvalue weighted by molar-refractivity contribution is 0.184. The Labute approximate surface area is 114 Å². The molecule has 1 aromatic heterocycles. The van der Waals surface area contributed by atoms with E-state index in [1.807, 2.05) is 25.1 Å². The number of hydrogen-bond donors (Lipinski definition) is 2. The van der Waals surface area contributed by atoms with Crippen LogP contribution in [0.2, 0.25) is 0 Å². The Hall–Kier alpha value is -1.81. The number of nitrogens with zero attached hydrogens (tertiary/aromatic N) is 1. The first-order valence-corrected chi connectivity index (χ1v) is 6.56. The summed E-state index contributed by atoms with van der Waals surface area (Å²) < 4.78 is 5.23. The van der Waals surface area contributed by atoms with E-state index in [0.717, 1.165) is 34.4 Å². The van der Waals surface area contributed by atoms with Gasteiger partial charge in [-0.15, -0.1) is 0 Å². The monoisotopic (exact) mass is 259 g/mol. The fourth-order valence-corrected chi connectivity index (χ4v) is 2.18. The van der Waals surface area contributed by atoms with Crippen LogP contribution in [-0.4, -0.2) is 24.7 Å². The first-order chi connectivity index (χ1) is 9.13. The van der Waals surface area contributed by atoms with Crippen molar-refractivity contribution in [3.8, 4) is 0 Å². The minimum atomic E-state index is 0.288. The predicted molar refractivity (Wildman–Crippen MR) is 80.5 cm³/mol. The van der Waals surface area contributed by atoms with Crippen molar-refractivity contribution < 1.29 is 4.74 Å². The van der Waals surface area contributed by atoms with Crippen molar-refractivity contribution in [2.45, 2.75) is 26.3 Å². The molecular formula is C15H21N3O. The van der Waals surface area contributed by atoms with Crippen LogP contribution in [0.4, 0.5) is 11.4 Å². The molecule has 0 fully saturated rings. The third-order valence-electron chi connectivity index (χ3n) is 3.18. The van der Waals surface area contributed by atoms with E-state index in [4.69, 9.17) is 10.5 Å². The maximum atomic E-state index is 5.87. The van der Waals surface area contributed by atoms with E-state index < -0.39 is 0 Å². The van der Waals surface area contributed by atoms with E-state index in [-0.39, 0.29) is 6.04 Å². The third-order valence-corrected chi connectivity index (χ3v) is 3.18. The van der Waals surface area contributed by atoms with E-state index in [2.05, 4.69) is 23.3 Å². The van der Waals surface area contributed by atoms with Gasteiger partial charge in [-0.2, -0.15) is 0 Å². The summed E-state index contributed by atoms with van der Waals surface area (Å²) >= 11 is 0. The molecule has 0 spiro atoms. The highest BCUT2D eigenvalue weighted by Gasteiger charge is 2.10. The second kappa shape index (κ2) is 5.89. The largest absolute Gasteiger partial charge is 0.399 e. The number of aromatic nitrogens is 1. The predicted octanol–water partition coefficient (Wildman–Crippen LogP) is 2.96. The van der Waals surface area contributed by atoms with Gasteiger partial charge < -0.3 is 15.8 Å². The summed E-state index contributed by atoms with van der Waals surface area (Å²) in [5.41, 5.74) is 9.65. The van der Waals surface area contributed by atoms with Gasteiger partial charge in [-0.1, -0.05) is 6.92 Å². The Bertz CT molecular complexity index is 569. The number of benzene rings is 1.